The lowest BCUT2D eigenvalue weighted by molar-refractivity contribution is 0.0529. The van der Waals surface area contributed by atoms with Crippen molar-refractivity contribution in [2.75, 3.05) is 0 Å². The summed E-state index contributed by atoms with van der Waals surface area (Å²) < 4.78 is 20.9. The van der Waals surface area contributed by atoms with Crippen LogP contribution in [0.25, 0.3) is 5.65 Å². The Morgan fingerprint density at radius 3 is 2.82 bits per heavy atom. The first-order valence-electron chi connectivity index (χ1n) is 8.61. The zero-order chi connectivity index (χ0) is 20.3. The van der Waals surface area contributed by atoms with Gasteiger partial charge in [-0.25, -0.2) is 24.6 Å². The third-order valence-electron chi connectivity index (χ3n) is 3.69. The van der Waals surface area contributed by atoms with Crippen LogP contribution in [0.15, 0.2) is 48.0 Å². The quantitative estimate of drug-likeness (QED) is 0.408. The number of nitrogens with zero attached hydrogens (tertiary/aromatic N) is 4. The van der Waals surface area contributed by atoms with Crippen molar-refractivity contribution in [1.29, 1.82) is 0 Å². The van der Waals surface area contributed by atoms with Gasteiger partial charge in [-0.2, -0.15) is 5.10 Å². The van der Waals surface area contributed by atoms with E-state index in [4.69, 9.17) is 10.5 Å². The molecule has 2 heterocycles. The highest BCUT2D eigenvalue weighted by atomic mass is 19.1. The van der Waals surface area contributed by atoms with Gasteiger partial charge in [0.2, 0.25) is 0 Å². The molecule has 0 spiro atoms. The lowest BCUT2D eigenvalue weighted by Crippen LogP contribution is -2.31. The predicted molar refractivity (Wildman–Crippen MR) is 102 cm³/mol. The normalized spacial score (nSPS) is 12.2. The van der Waals surface area contributed by atoms with E-state index in [0.717, 1.165) is 0 Å². The number of halogens is 1. The summed E-state index contributed by atoms with van der Waals surface area (Å²) in [6.07, 6.45) is 4.46. The molecule has 0 atom stereocenters. The van der Waals surface area contributed by atoms with Crippen molar-refractivity contribution in [3.8, 4) is 0 Å². The van der Waals surface area contributed by atoms with Crippen molar-refractivity contribution in [1.82, 2.24) is 19.8 Å². The monoisotopic (exact) mass is 384 g/mol. The number of nitrogens with one attached hydrogen (secondary N) is 1. The van der Waals surface area contributed by atoms with Crippen molar-refractivity contribution < 1.29 is 13.9 Å². The Kier molecular flexibility index (Phi) is 5.25. The van der Waals surface area contributed by atoms with Crippen LogP contribution in [-0.4, -0.2) is 31.9 Å². The number of hydrazone groups is 1. The summed E-state index contributed by atoms with van der Waals surface area (Å²) in [5, 5.41) is 3.83. The minimum Gasteiger partial charge on any atom is -0.443 e. The molecule has 3 aromatic rings. The number of benzene rings is 1. The minimum atomic E-state index is -0.731. The number of nitrogens with two attached hydrogens (primary N) is 1. The van der Waals surface area contributed by atoms with Gasteiger partial charge in [0, 0.05) is 25.0 Å². The van der Waals surface area contributed by atoms with Crippen molar-refractivity contribution in [2.45, 2.75) is 32.8 Å². The van der Waals surface area contributed by atoms with E-state index in [0.29, 0.717) is 22.6 Å². The van der Waals surface area contributed by atoms with Gasteiger partial charge in [-0.1, -0.05) is 18.2 Å². The first-order chi connectivity index (χ1) is 13.2. The molecule has 9 heteroatoms. The lowest BCUT2D eigenvalue weighted by Gasteiger charge is -2.18. The number of aromatic nitrogens is 3. The smallest absolute Gasteiger partial charge is 0.428 e. The highest BCUT2D eigenvalue weighted by molar-refractivity contribution is 5.96. The second-order valence-corrected chi connectivity index (χ2v) is 7.11. The van der Waals surface area contributed by atoms with Crippen LogP contribution in [0.3, 0.4) is 0 Å². The molecule has 0 fully saturated rings. The summed E-state index contributed by atoms with van der Waals surface area (Å²) in [5.41, 5.74) is 9.46. The molecule has 2 aromatic heterocycles. The standard InChI is InChI=1S/C19H21FN6O2/c1-19(2,3)28-18(27)25-24-16(21)15-11-26-9-8-22-17(26)14(23-15)10-12-6-4-5-7-13(12)20/h4-9,11H,10H2,1-3H3,(H2,21,24)(H,25,27). The Labute approximate surface area is 161 Å². The first-order valence-corrected chi connectivity index (χ1v) is 8.61. The van der Waals surface area contributed by atoms with E-state index in [1.807, 2.05) is 0 Å². The Morgan fingerprint density at radius 1 is 1.36 bits per heavy atom. The summed E-state index contributed by atoms with van der Waals surface area (Å²) in [7, 11) is 0. The number of fused-ring (bicyclic) bond motifs is 1. The van der Waals surface area contributed by atoms with Gasteiger partial charge in [-0.15, -0.1) is 0 Å². The topological polar surface area (TPSA) is 107 Å². The fraction of sp³-hybridized carbons (Fsp3) is 0.263. The summed E-state index contributed by atoms with van der Waals surface area (Å²) in [6, 6.07) is 6.46. The van der Waals surface area contributed by atoms with Gasteiger partial charge in [-0.3, -0.25) is 0 Å². The van der Waals surface area contributed by atoms with Gasteiger partial charge in [0.1, 0.15) is 17.1 Å². The molecule has 1 amide bonds. The Bertz CT molecular complexity index is 1040. The molecule has 3 N–H and O–H groups in total. The van der Waals surface area contributed by atoms with E-state index in [1.165, 1.54) is 6.07 Å². The summed E-state index contributed by atoms with van der Waals surface area (Å²) in [6.45, 7) is 5.22. The maximum atomic E-state index is 14.0. The zero-order valence-electron chi connectivity index (χ0n) is 15.8. The number of ether oxygens (including phenoxy) is 1. The molecule has 146 valence electrons. The Balaban J connectivity index is 1.89. The van der Waals surface area contributed by atoms with Crippen LogP contribution in [0.1, 0.15) is 37.7 Å². The number of amides is 1. The summed E-state index contributed by atoms with van der Waals surface area (Å²) >= 11 is 0. The van der Waals surface area contributed by atoms with Crippen molar-refractivity contribution >= 4 is 17.6 Å². The van der Waals surface area contributed by atoms with E-state index >= 15 is 0 Å². The third-order valence-corrected chi connectivity index (χ3v) is 3.69. The molecule has 0 radical (unpaired) electrons. The van der Waals surface area contributed by atoms with Crippen LogP contribution in [0.2, 0.25) is 0 Å². The molecule has 0 aliphatic carbocycles. The molecular weight excluding hydrogens is 363 g/mol. The summed E-state index contributed by atoms with van der Waals surface area (Å²) in [5.74, 6) is -0.344. The van der Waals surface area contributed by atoms with Crippen LogP contribution in [0, 0.1) is 5.82 Å². The lowest BCUT2D eigenvalue weighted by atomic mass is 10.1. The number of amidine groups is 1. The molecule has 0 unspecified atom stereocenters. The molecule has 28 heavy (non-hydrogen) atoms. The molecule has 0 aliphatic rings. The number of imidazole rings is 1. The van der Waals surface area contributed by atoms with E-state index in [1.54, 1.807) is 62.0 Å². The predicted octanol–water partition coefficient (Wildman–Crippen LogP) is 2.60. The van der Waals surface area contributed by atoms with E-state index < -0.39 is 11.7 Å². The highest BCUT2D eigenvalue weighted by Gasteiger charge is 2.16. The van der Waals surface area contributed by atoms with E-state index in [9.17, 15) is 9.18 Å². The SMILES string of the molecule is CC(C)(C)OC(=O)N/N=C(\N)c1cn2ccnc2c(Cc2ccccc2F)n1. The number of hydrogen-bond donors (Lipinski definition) is 2. The van der Waals surface area contributed by atoms with E-state index in [-0.39, 0.29) is 18.1 Å². The Hall–Kier alpha value is -3.49. The van der Waals surface area contributed by atoms with E-state index in [2.05, 4.69) is 20.5 Å². The number of rotatable bonds is 4. The largest absolute Gasteiger partial charge is 0.443 e. The molecule has 0 aliphatic heterocycles. The Morgan fingerprint density at radius 2 is 2.11 bits per heavy atom. The van der Waals surface area contributed by atoms with Crippen LogP contribution >= 0.6 is 0 Å². The molecule has 3 rings (SSSR count). The molecule has 0 saturated heterocycles. The fourth-order valence-corrected chi connectivity index (χ4v) is 2.52. The van der Waals surface area contributed by atoms with Crippen LogP contribution < -0.4 is 11.2 Å². The zero-order valence-corrected chi connectivity index (χ0v) is 15.8. The second-order valence-electron chi connectivity index (χ2n) is 7.11. The average Bonchev–Trinajstić information content (AvgIpc) is 3.09. The van der Waals surface area contributed by atoms with Crippen molar-refractivity contribution in [2.24, 2.45) is 10.8 Å². The van der Waals surface area contributed by atoms with Gasteiger partial charge in [0.25, 0.3) is 0 Å². The molecular formula is C19H21FN6O2. The minimum absolute atomic E-state index is 0.0174. The van der Waals surface area contributed by atoms with Gasteiger partial charge in [0.05, 0.1) is 5.69 Å². The number of carbonyl (C=O) groups is 1. The third kappa shape index (κ3) is 4.61. The van der Waals surface area contributed by atoms with Crippen LogP contribution in [0.4, 0.5) is 9.18 Å². The summed E-state index contributed by atoms with van der Waals surface area (Å²) in [4.78, 5) is 20.5. The van der Waals surface area contributed by atoms with Gasteiger partial charge < -0.3 is 14.9 Å². The number of carbonyl (C=O) groups excluding carboxylic acids is 1. The van der Waals surface area contributed by atoms with Crippen molar-refractivity contribution in [3.63, 3.8) is 0 Å². The highest BCUT2D eigenvalue weighted by Crippen LogP contribution is 2.16. The van der Waals surface area contributed by atoms with Gasteiger partial charge >= 0.3 is 6.09 Å². The van der Waals surface area contributed by atoms with Gasteiger partial charge in [-0.05, 0) is 32.4 Å². The molecule has 0 saturated carbocycles. The molecule has 1 aromatic carbocycles. The first kappa shape index (κ1) is 19.3. The second kappa shape index (κ2) is 7.63. The fourth-order valence-electron chi connectivity index (χ4n) is 2.52. The maximum absolute atomic E-state index is 14.0. The van der Waals surface area contributed by atoms with Crippen molar-refractivity contribution in [3.05, 3.63) is 65.6 Å². The van der Waals surface area contributed by atoms with Crippen LogP contribution in [-0.2, 0) is 11.2 Å². The van der Waals surface area contributed by atoms with Gasteiger partial charge in [0.15, 0.2) is 11.5 Å². The molecule has 0 bridgehead atoms. The maximum Gasteiger partial charge on any atom is 0.428 e. The number of hydrogen-bond acceptors (Lipinski definition) is 5. The average molecular weight is 384 g/mol. The molecule has 8 nitrogen and oxygen atoms in total. The van der Waals surface area contributed by atoms with Crippen LogP contribution in [0.5, 0.6) is 0 Å².